The number of carbonyl (C=O) groups excluding carboxylic acids is 1. The average Bonchev–Trinajstić information content (AvgIpc) is 2.89. The van der Waals surface area contributed by atoms with Gasteiger partial charge in [0.15, 0.2) is 0 Å². The third kappa shape index (κ3) is 3.15. The van der Waals surface area contributed by atoms with Crippen molar-refractivity contribution < 1.29 is 14.7 Å². The van der Waals surface area contributed by atoms with E-state index >= 15 is 0 Å². The minimum absolute atomic E-state index is 0.0672. The van der Waals surface area contributed by atoms with E-state index in [0.29, 0.717) is 12.8 Å². The van der Waals surface area contributed by atoms with E-state index in [4.69, 9.17) is 0 Å². The van der Waals surface area contributed by atoms with Crippen LogP contribution in [0.2, 0.25) is 0 Å². The summed E-state index contributed by atoms with van der Waals surface area (Å²) in [6, 6.07) is 3.54. The summed E-state index contributed by atoms with van der Waals surface area (Å²) in [7, 11) is 0. The molecule has 1 aromatic heterocycles. The molecule has 0 saturated heterocycles. The van der Waals surface area contributed by atoms with Crippen molar-refractivity contribution in [2.45, 2.75) is 45.1 Å². The molecule has 5 heteroatoms. The molecule has 0 bridgehead atoms. The number of pyridine rings is 1. The Balaban J connectivity index is 1.97. The molecule has 1 aromatic rings. The lowest BCUT2D eigenvalue weighted by molar-refractivity contribution is -0.151. The van der Waals surface area contributed by atoms with Crippen molar-refractivity contribution >= 4 is 11.9 Å². The van der Waals surface area contributed by atoms with Crippen LogP contribution < -0.4 is 5.32 Å². The number of carboxylic acids is 1. The second-order valence-electron chi connectivity index (χ2n) is 5.54. The number of hydrogen-bond acceptors (Lipinski definition) is 3. The molecule has 1 unspecified atom stereocenters. The highest BCUT2D eigenvalue weighted by molar-refractivity contribution is 5.85. The van der Waals surface area contributed by atoms with Crippen LogP contribution in [0.15, 0.2) is 24.5 Å². The van der Waals surface area contributed by atoms with Crippen molar-refractivity contribution in [3.05, 3.63) is 30.1 Å². The number of carboxylic acid groups (broad SMARTS) is 1. The number of rotatable bonds is 5. The van der Waals surface area contributed by atoms with E-state index in [-0.39, 0.29) is 18.4 Å². The summed E-state index contributed by atoms with van der Waals surface area (Å²) in [4.78, 5) is 27.5. The van der Waals surface area contributed by atoms with Crippen LogP contribution in [0, 0.1) is 5.41 Å². The zero-order valence-corrected chi connectivity index (χ0v) is 11.6. The molecule has 0 aromatic carbocycles. The number of aromatic nitrogens is 1. The van der Waals surface area contributed by atoms with Crippen LogP contribution in [0.1, 0.15) is 50.6 Å². The zero-order chi connectivity index (χ0) is 14.6. The molecule has 1 atom stereocenters. The number of nitrogens with one attached hydrogen (secondary N) is 1. The molecule has 2 rings (SSSR count). The van der Waals surface area contributed by atoms with Gasteiger partial charge < -0.3 is 10.4 Å². The van der Waals surface area contributed by atoms with E-state index in [0.717, 1.165) is 18.4 Å². The van der Waals surface area contributed by atoms with E-state index in [2.05, 4.69) is 10.3 Å². The average molecular weight is 276 g/mol. The van der Waals surface area contributed by atoms with Crippen molar-refractivity contribution in [2.75, 3.05) is 0 Å². The van der Waals surface area contributed by atoms with Gasteiger partial charge in [0, 0.05) is 18.8 Å². The Hall–Kier alpha value is -1.91. The lowest BCUT2D eigenvalue weighted by Gasteiger charge is -2.24. The SMILES string of the molecule is CC(NC(=O)CC1(C(=O)O)CCCC1)c1ccncc1. The van der Waals surface area contributed by atoms with Crippen LogP contribution in [0.25, 0.3) is 0 Å². The molecule has 1 amide bonds. The lowest BCUT2D eigenvalue weighted by Crippen LogP contribution is -2.36. The second-order valence-corrected chi connectivity index (χ2v) is 5.54. The van der Waals surface area contributed by atoms with Crippen LogP contribution in [-0.4, -0.2) is 22.0 Å². The molecule has 5 nitrogen and oxygen atoms in total. The van der Waals surface area contributed by atoms with Crippen molar-refractivity contribution in [3.63, 3.8) is 0 Å². The zero-order valence-electron chi connectivity index (χ0n) is 11.6. The third-order valence-electron chi connectivity index (χ3n) is 4.10. The Kier molecular flexibility index (Phi) is 4.37. The molecule has 2 N–H and O–H groups in total. The molecule has 1 aliphatic rings. The summed E-state index contributed by atoms with van der Waals surface area (Å²) in [5.74, 6) is -1.04. The maximum Gasteiger partial charge on any atom is 0.310 e. The number of hydrogen-bond donors (Lipinski definition) is 2. The van der Waals surface area contributed by atoms with Gasteiger partial charge in [0.2, 0.25) is 5.91 Å². The first-order chi connectivity index (χ1) is 9.53. The second kappa shape index (κ2) is 6.03. The van der Waals surface area contributed by atoms with Crippen LogP contribution in [-0.2, 0) is 9.59 Å². The van der Waals surface area contributed by atoms with Gasteiger partial charge >= 0.3 is 5.97 Å². The molecular formula is C15H20N2O3. The fourth-order valence-electron chi connectivity index (χ4n) is 2.85. The lowest BCUT2D eigenvalue weighted by atomic mass is 9.82. The molecule has 0 spiro atoms. The molecule has 1 heterocycles. The first-order valence-corrected chi connectivity index (χ1v) is 6.96. The number of aliphatic carboxylic acids is 1. The van der Waals surface area contributed by atoms with Gasteiger partial charge in [-0.2, -0.15) is 0 Å². The Morgan fingerprint density at radius 3 is 2.50 bits per heavy atom. The largest absolute Gasteiger partial charge is 0.481 e. The maximum atomic E-state index is 12.1. The Labute approximate surface area is 118 Å². The normalized spacial score (nSPS) is 18.4. The highest BCUT2D eigenvalue weighted by Gasteiger charge is 2.43. The van der Waals surface area contributed by atoms with Crippen molar-refractivity contribution in [3.8, 4) is 0 Å². The number of carbonyl (C=O) groups is 2. The maximum absolute atomic E-state index is 12.1. The third-order valence-corrected chi connectivity index (χ3v) is 4.10. The van der Waals surface area contributed by atoms with Gasteiger partial charge in [0.05, 0.1) is 11.5 Å². The molecule has 108 valence electrons. The van der Waals surface area contributed by atoms with Crippen LogP contribution in [0.5, 0.6) is 0 Å². The van der Waals surface area contributed by atoms with Gasteiger partial charge in [-0.25, -0.2) is 0 Å². The van der Waals surface area contributed by atoms with Gasteiger partial charge in [0.25, 0.3) is 0 Å². The molecule has 20 heavy (non-hydrogen) atoms. The van der Waals surface area contributed by atoms with Crippen LogP contribution in [0.3, 0.4) is 0 Å². The Bertz CT molecular complexity index is 481. The predicted molar refractivity (Wildman–Crippen MR) is 73.9 cm³/mol. The van der Waals surface area contributed by atoms with Gasteiger partial charge in [0.1, 0.15) is 0 Å². The summed E-state index contributed by atoms with van der Waals surface area (Å²) in [6.45, 7) is 1.88. The van der Waals surface area contributed by atoms with Crippen LogP contribution in [0.4, 0.5) is 0 Å². The molecule has 0 radical (unpaired) electrons. The number of nitrogens with zero attached hydrogens (tertiary/aromatic N) is 1. The van der Waals surface area contributed by atoms with Crippen molar-refractivity contribution in [2.24, 2.45) is 5.41 Å². The highest BCUT2D eigenvalue weighted by atomic mass is 16.4. The quantitative estimate of drug-likeness (QED) is 0.864. The van der Waals surface area contributed by atoms with E-state index in [1.165, 1.54) is 0 Å². The van der Waals surface area contributed by atoms with E-state index in [9.17, 15) is 14.7 Å². The van der Waals surface area contributed by atoms with E-state index in [1.54, 1.807) is 12.4 Å². The summed E-state index contributed by atoms with van der Waals surface area (Å²) in [5, 5.41) is 12.2. The predicted octanol–water partition coefficient (Wildman–Crippen LogP) is 2.29. The Morgan fingerprint density at radius 2 is 1.95 bits per heavy atom. The fourth-order valence-corrected chi connectivity index (χ4v) is 2.85. The summed E-state index contributed by atoms with van der Waals surface area (Å²) in [6.07, 6.45) is 6.39. The standard InChI is InChI=1S/C15H20N2O3/c1-11(12-4-8-16-9-5-12)17-13(18)10-15(14(19)20)6-2-3-7-15/h4-5,8-9,11H,2-3,6-7,10H2,1H3,(H,17,18)(H,19,20). The smallest absolute Gasteiger partial charge is 0.310 e. The topological polar surface area (TPSA) is 79.3 Å². The van der Waals surface area contributed by atoms with Gasteiger partial charge in [-0.1, -0.05) is 12.8 Å². The molecular weight excluding hydrogens is 256 g/mol. The van der Waals surface area contributed by atoms with Crippen molar-refractivity contribution in [1.82, 2.24) is 10.3 Å². The van der Waals surface area contributed by atoms with E-state index in [1.807, 2.05) is 19.1 Å². The molecule has 0 aliphatic heterocycles. The first-order valence-electron chi connectivity index (χ1n) is 6.96. The minimum atomic E-state index is -0.859. The summed E-state index contributed by atoms with van der Waals surface area (Å²) in [5.41, 5.74) is 0.103. The molecule has 1 saturated carbocycles. The van der Waals surface area contributed by atoms with Gasteiger partial charge in [-0.3, -0.25) is 14.6 Å². The summed E-state index contributed by atoms with van der Waals surface area (Å²) < 4.78 is 0. The molecule has 1 aliphatic carbocycles. The monoisotopic (exact) mass is 276 g/mol. The van der Waals surface area contributed by atoms with Gasteiger partial charge in [-0.05, 0) is 37.5 Å². The fraction of sp³-hybridized carbons (Fsp3) is 0.533. The Morgan fingerprint density at radius 1 is 1.35 bits per heavy atom. The summed E-state index contributed by atoms with van der Waals surface area (Å²) >= 11 is 0. The highest BCUT2D eigenvalue weighted by Crippen LogP contribution is 2.41. The first kappa shape index (κ1) is 14.5. The van der Waals surface area contributed by atoms with E-state index < -0.39 is 11.4 Å². The van der Waals surface area contributed by atoms with Crippen molar-refractivity contribution in [1.29, 1.82) is 0 Å². The number of amides is 1. The molecule has 1 fully saturated rings. The van der Waals surface area contributed by atoms with Crippen LogP contribution >= 0.6 is 0 Å². The minimum Gasteiger partial charge on any atom is -0.481 e. The van der Waals surface area contributed by atoms with Gasteiger partial charge in [-0.15, -0.1) is 0 Å².